The fourth-order valence-electron chi connectivity index (χ4n) is 2.02. The molecular formula is C13H19N3OS. The van der Waals surface area contributed by atoms with Gasteiger partial charge in [0.05, 0.1) is 11.7 Å². The quantitative estimate of drug-likeness (QED) is 0.871. The standard InChI is InChI=1S/C13H19N3OS/c1-3-10(4-2)14-6-7-16-9-15-12-11(13(16)17)5-8-18-12/h5,8-10,14H,3-4,6-7H2,1-2H3. The molecule has 2 heterocycles. The van der Waals surface area contributed by atoms with Crippen LogP contribution in [0.2, 0.25) is 0 Å². The molecule has 0 radical (unpaired) electrons. The number of thiophene rings is 1. The van der Waals surface area contributed by atoms with Crippen LogP contribution in [0.4, 0.5) is 0 Å². The van der Waals surface area contributed by atoms with Crippen molar-refractivity contribution in [2.75, 3.05) is 6.54 Å². The zero-order chi connectivity index (χ0) is 13.0. The molecule has 0 spiro atoms. The second kappa shape index (κ2) is 6.11. The molecule has 4 nitrogen and oxygen atoms in total. The molecule has 98 valence electrons. The Morgan fingerprint density at radius 2 is 2.22 bits per heavy atom. The average Bonchev–Trinajstić information content (AvgIpc) is 2.86. The van der Waals surface area contributed by atoms with Crippen LogP contribution in [0.1, 0.15) is 26.7 Å². The highest BCUT2D eigenvalue weighted by Gasteiger charge is 2.05. The molecule has 0 aliphatic carbocycles. The van der Waals surface area contributed by atoms with Gasteiger partial charge < -0.3 is 5.32 Å². The number of hydrogen-bond donors (Lipinski definition) is 1. The summed E-state index contributed by atoms with van der Waals surface area (Å²) < 4.78 is 1.68. The zero-order valence-electron chi connectivity index (χ0n) is 10.8. The van der Waals surface area contributed by atoms with Crippen LogP contribution in [0.15, 0.2) is 22.6 Å². The number of hydrogen-bond acceptors (Lipinski definition) is 4. The third-order valence-electron chi connectivity index (χ3n) is 3.22. The summed E-state index contributed by atoms with van der Waals surface area (Å²) in [6.07, 6.45) is 3.89. The molecule has 2 rings (SSSR count). The van der Waals surface area contributed by atoms with Gasteiger partial charge in [-0.2, -0.15) is 0 Å². The monoisotopic (exact) mass is 265 g/mol. The lowest BCUT2D eigenvalue weighted by atomic mass is 10.2. The van der Waals surface area contributed by atoms with Crippen LogP contribution in [0.5, 0.6) is 0 Å². The molecule has 2 aromatic heterocycles. The van der Waals surface area contributed by atoms with Crippen LogP contribution in [0, 0.1) is 0 Å². The molecule has 0 aliphatic heterocycles. The van der Waals surface area contributed by atoms with E-state index in [1.54, 1.807) is 10.9 Å². The normalized spacial score (nSPS) is 11.5. The minimum absolute atomic E-state index is 0.0626. The van der Waals surface area contributed by atoms with Gasteiger partial charge in [-0.3, -0.25) is 9.36 Å². The lowest BCUT2D eigenvalue weighted by Gasteiger charge is -2.14. The van der Waals surface area contributed by atoms with E-state index in [2.05, 4.69) is 24.1 Å². The van der Waals surface area contributed by atoms with Crippen molar-refractivity contribution in [1.29, 1.82) is 0 Å². The predicted octanol–water partition coefficient (Wildman–Crippen LogP) is 2.24. The van der Waals surface area contributed by atoms with E-state index < -0.39 is 0 Å². The minimum Gasteiger partial charge on any atom is -0.312 e. The summed E-state index contributed by atoms with van der Waals surface area (Å²) in [5.41, 5.74) is 0.0626. The molecule has 0 unspecified atom stereocenters. The molecule has 0 amide bonds. The maximum Gasteiger partial charge on any atom is 0.262 e. The van der Waals surface area contributed by atoms with E-state index in [-0.39, 0.29) is 5.56 Å². The Kier molecular flexibility index (Phi) is 4.49. The number of nitrogens with zero attached hydrogens (tertiary/aromatic N) is 2. The molecule has 0 saturated carbocycles. The lowest BCUT2D eigenvalue weighted by Crippen LogP contribution is -2.33. The molecule has 0 fully saturated rings. The van der Waals surface area contributed by atoms with Gasteiger partial charge in [0, 0.05) is 19.1 Å². The number of fused-ring (bicyclic) bond motifs is 1. The van der Waals surface area contributed by atoms with Crippen LogP contribution in [0.25, 0.3) is 10.2 Å². The highest BCUT2D eigenvalue weighted by Crippen LogP contribution is 2.12. The van der Waals surface area contributed by atoms with Gasteiger partial charge in [0.15, 0.2) is 0 Å². The second-order valence-electron chi connectivity index (χ2n) is 4.35. The van der Waals surface area contributed by atoms with Crippen molar-refractivity contribution in [1.82, 2.24) is 14.9 Å². The number of aromatic nitrogens is 2. The Bertz CT molecular complexity index is 557. The third kappa shape index (κ3) is 2.79. The first-order valence-electron chi connectivity index (χ1n) is 6.42. The Morgan fingerprint density at radius 1 is 1.44 bits per heavy atom. The fraction of sp³-hybridized carbons (Fsp3) is 0.538. The van der Waals surface area contributed by atoms with Crippen molar-refractivity contribution in [3.05, 3.63) is 28.1 Å². The molecular weight excluding hydrogens is 246 g/mol. The van der Waals surface area contributed by atoms with Crippen LogP contribution in [0.3, 0.4) is 0 Å². The first-order chi connectivity index (χ1) is 8.76. The third-order valence-corrected chi connectivity index (χ3v) is 4.04. The highest BCUT2D eigenvalue weighted by atomic mass is 32.1. The molecule has 0 atom stereocenters. The largest absolute Gasteiger partial charge is 0.312 e. The van der Waals surface area contributed by atoms with Gasteiger partial charge in [-0.1, -0.05) is 13.8 Å². The Morgan fingerprint density at radius 3 is 2.94 bits per heavy atom. The maximum atomic E-state index is 12.1. The van der Waals surface area contributed by atoms with Gasteiger partial charge in [-0.15, -0.1) is 11.3 Å². The van der Waals surface area contributed by atoms with E-state index in [0.29, 0.717) is 12.6 Å². The molecule has 1 N–H and O–H groups in total. The molecule has 18 heavy (non-hydrogen) atoms. The summed E-state index contributed by atoms with van der Waals surface area (Å²) in [7, 11) is 0. The highest BCUT2D eigenvalue weighted by molar-refractivity contribution is 7.16. The lowest BCUT2D eigenvalue weighted by molar-refractivity contribution is 0.462. The minimum atomic E-state index is 0.0626. The van der Waals surface area contributed by atoms with E-state index in [4.69, 9.17) is 0 Å². The van der Waals surface area contributed by atoms with Crippen LogP contribution in [-0.4, -0.2) is 22.1 Å². The van der Waals surface area contributed by atoms with Crippen molar-refractivity contribution in [3.8, 4) is 0 Å². The fourth-order valence-corrected chi connectivity index (χ4v) is 2.74. The summed E-state index contributed by atoms with van der Waals surface area (Å²) in [5, 5.41) is 6.09. The van der Waals surface area contributed by atoms with E-state index in [9.17, 15) is 4.79 Å². The van der Waals surface area contributed by atoms with Gasteiger partial charge in [0.2, 0.25) is 0 Å². The van der Waals surface area contributed by atoms with Gasteiger partial charge in [0.25, 0.3) is 5.56 Å². The SMILES string of the molecule is CCC(CC)NCCn1cnc2sccc2c1=O. The average molecular weight is 265 g/mol. The zero-order valence-corrected chi connectivity index (χ0v) is 11.7. The number of nitrogens with one attached hydrogen (secondary N) is 1. The molecule has 0 saturated heterocycles. The summed E-state index contributed by atoms with van der Waals surface area (Å²) in [5.74, 6) is 0. The molecule has 0 aliphatic rings. The molecule has 5 heteroatoms. The summed E-state index contributed by atoms with van der Waals surface area (Å²) in [6.45, 7) is 5.83. The summed E-state index contributed by atoms with van der Waals surface area (Å²) in [6, 6.07) is 2.39. The van der Waals surface area contributed by atoms with Gasteiger partial charge in [-0.05, 0) is 24.3 Å². The first kappa shape index (κ1) is 13.2. The topological polar surface area (TPSA) is 46.9 Å². The van der Waals surface area contributed by atoms with E-state index in [0.717, 1.165) is 29.6 Å². The van der Waals surface area contributed by atoms with Gasteiger partial charge in [-0.25, -0.2) is 4.98 Å². The van der Waals surface area contributed by atoms with Crippen molar-refractivity contribution in [2.24, 2.45) is 0 Å². The summed E-state index contributed by atoms with van der Waals surface area (Å²) in [4.78, 5) is 17.2. The molecule has 0 bridgehead atoms. The first-order valence-corrected chi connectivity index (χ1v) is 7.30. The van der Waals surface area contributed by atoms with E-state index >= 15 is 0 Å². The van der Waals surface area contributed by atoms with Crippen molar-refractivity contribution >= 4 is 21.6 Å². The van der Waals surface area contributed by atoms with Crippen LogP contribution >= 0.6 is 11.3 Å². The van der Waals surface area contributed by atoms with Crippen LogP contribution in [-0.2, 0) is 6.54 Å². The number of rotatable bonds is 6. The van der Waals surface area contributed by atoms with Crippen molar-refractivity contribution < 1.29 is 0 Å². The smallest absolute Gasteiger partial charge is 0.262 e. The van der Waals surface area contributed by atoms with Gasteiger partial charge in [0.1, 0.15) is 4.83 Å². The maximum absolute atomic E-state index is 12.1. The Hall–Kier alpha value is -1.20. The summed E-state index contributed by atoms with van der Waals surface area (Å²) >= 11 is 1.51. The van der Waals surface area contributed by atoms with Crippen molar-refractivity contribution in [2.45, 2.75) is 39.3 Å². The molecule has 0 aromatic carbocycles. The Balaban J connectivity index is 2.03. The predicted molar refractivity (Wildman–Crippen MR) is 76.3 cm³/mol. The van der Waals surface area contributed by atoms with E-state index in [1.165, 1.54) is 11.3 Å². The van der Waals surface area contributed by atoms with Crippen LogP contribution < -0.4 is 10.9 Å². The Labute approximate surface area is 111 Å². The van der Waals surface area contributed by atoms with Gasteiger partial charge >= 0.3 is 0 Å². The van der Waals surface area contributed by atoms with Crippen molar-refractivity contribution in [3.63, 3.8) is 0 Å². The second-order valence-corrected chi connectivity index (χ2v) is 5.24. The molecule has 2 aromatic rings. The van der Waals surface area contributed by atoms with E-state index in [1.807, 2.05) is 11.4 Å².